The number of carbonyl (C=O) groups excluding carboxylic acids is 3. The summed E-state index contributed by atoms with van der Waals surface area (Å²) in [5, 5.41) is 5.54. The smallest absolute Gasteiger partial charge is 0.255 e. The number of hydrogen-bond donors (Lipinski definition) is 2. The predicted molar refractivity (Wildman–Crippen MR) is 95.5 cm³/mol. The first-order valence-electron chi connectivity index (χ1n) is 9.11. The van der Waals surface area contributed by atoms with E-state index in [0.717, 1.165) is 0 Å². The summed E-state index contributed by atoms with van der Waals surface area (Å²) >= 11 is 0. The summed E-state index contributed by atoms with van der Waals surface area (Å²) in [5.41, 5.74) is 0.353. The molecule has 2 amide bonds. The van der Waals surface area contributed by atoms with Crippen molar-refractivity contribution in [2.24, 2.45) is 11.8 Å². The van der Waals surface area contributed by atoms with Crippen molar-refractivity contribution in [2.75, 3.05) is 6.61 Å². The van der Waals surface area contributed by atoms with Crippen LogP contribution in [0.2, 0.25) is 0 Å². The lowest BCUT2D eigenvalue weighted by atomic mass is 9.90. The second-order valence-corrected chi connectivity index (χ2v) is 7.21. The molecular formula is C19H28N2O5. The first-order valence-corrected chi connectivity index (χ1v) is 9.11. The molecule has 1 aromatic heterocycles. The second kappa shape index (κ2) is 8.98. The first kappa shape index (κ1) is 20.2. The monoisotopic (exact) mass is 364 g/mol. The van der Waals surface area contributed by atoms with Crippen molar-refractivity contribution in [2.45, 2.75) is 58.7 Å². The molecule has 0 spiro atoms. The van der Waals surface area contributed by atoms with Gasteiger partial charge in [-0.2, -0.15) is 0 Å². The Morgan fingerprint density at radius 1 is 1.31 bits per heavy atom. The fraction of sp³-hybridized carbons (Fsp3) is 0.632. The van der Waals surface area contributed by atoms with E-state index in [1.54, 1.807) is 0 Å². The summed E-state index contributed by atoms with van der Waals surface area (Å²) in [6.45, 7) is 8.09. The Balaban J connectivity index is 2.09. The van der Waals surface area contributed by atoms with E-state index in [-0.39, 0.29) is 36.2 Å². The largest absolute Gasteiger partial charge is 0.472 e. The van der Waals surface area contributed by atoms with Crippen LogP contribution in [-0.4, -0.2) is 42.4 Å². The molecule has 4 atom stereocenters. The average molecular weight is 364 g/mol. The number of rotatable bonds is 8. The van der Waals surface area contributed by atoms with Crippen molar-refractivity contribution in [1.82, 2.24) is 10.6 Å². The van der Waals surface area contributed by atoms with E-state index in [4.69, 9.17) is 9.15 Å². The zero-order valence-corrected chi connectivity index (χ0v) is 15.8. The number of Topliss-reactive ketones (excluding diaryl/α,β-unsaturated/α-hetero) is 1. The van der Waals surface area contributed by atoms with Gasteiger partial charge in [-0.3, -0.25) is 14.4 Å². The number of ether oxygens (including phenoxy) is 1. The van der Waals surface area contributed by atoms with E-state index in [9.17, 15) is 14.4 Å². The summed E-state index contributed by atoms with van der Waals surface area (Å²) in [7, 11) is 0. The molecule has 2 rings (SSSR count). The standard InChI is InChI=1S/C19H28N2O5/c1-5-16-17(15(22)10-26-16)21-19(24)14(8-12(4)11(2)3)20-18(23)13-6-7-25-9-13/h6-7,9,11-12,14,16-17H,5,8,10H2,1-4H3,(H,20,23)(H,21,24)/t12?,14-,16?,17?/m0/s1. The Labute approximate surface area is 153 Å². The maximum atomic E-state index is 12.8. The molecule has 0 bridgehead atoms. The molecule has 3 unspecified atom stereocenters. The van der Waals surface area contributed by atoms with Gasteiger partial charge in [0, 0.05) is 0 Å². The van der Waals surface area contributed by atoms with Crippen molar-refractivity contribution in [3.05, 3.63) is 24.2 Å². The van der Waals surface area contributed by atoms with Crippen molar-refractivity contribution >= 4 is 17.6 Å². The third-order valence-corrected chi connectivity index (χ3v) is 5.01. The van der Waals surface area contributed by atoms with Crippen LogP contribution in [0.25, 0.3) is 0 Å². The van der Waals surface area contributed by atoms with Crippen LogP contribution in [-0.2, 0) is 14.3 Å². The number of nitrogens with one attached hydrogen (secondary N) is 2. The summed E-state index contributed by atoms with van der Waals surface area (Å²) in [6.07, 6.45) is 3.52. The van der Waals surface area contributed by atoms with E-state index in [2.05, 4.69) is 24.5 Å². The van der Waals surface area contributed by atoms with E-state index in [1.165, 1.54) is 18.6 Å². The van der Waals surface area contributed by atoms with Gasteiger partial charge in [0.15, 0.2) is 5.78 Å². The molecule has 1 fully saturated rings. The van der Waals surface area contributed by atoms with Gasteiger partial charge in [-0.15, -0.1) is 0 Å². The highest BCUT2D eigenvalue weighted by Gasteiger charge is 2.37. The summed E-state index contributed by atoms with van der Waals surface area (Å²) in [6, 6.07) is 0.147. The molecule has 0 saturated carbocycles. The van der Waals surface area contributed by atoms with E-state index in [1.807, 2.05) is 13.8 Å². The van der Waals surface area contributed by atoms with Gasteiger partial charge in [0.1, 0.15) is 25.0 Å². The van der Waals surface area contributed by atoms with Crippen LogP contribution in [0, 0.1) is 11.8 Å². The Bertz CT molecular complexity index is 626. The minimum absolute atomic E-state index is 0.0118. The quantitative estimate of drug-likeness (QED) is 0.734. The molecule has 1 aliphatic heterocycles. The van der Waals surface area contributed by atoms with Gasteiger partial charge >= 0.3 is 0 Å². The van der Waals surface area contributed by atoms with Gasteiger partial charge in [0.2, 0.25) is 5.91 Å². The number of amides is 2. The van der Waals surface area contributed by atoms with Crippen molar-refractivity contribution < 1.29 is 23.5 Å². The zero-order valence-electron chi connectivity index (χ0n) is 15.8. The predicted octanol–water partition coefficient (Wildman–Crippen LogP) is 1.92. The van der Waals surface area contributed by atoms with Crippen LogP contribution in [0.1, 0.15) is 50.9 Å². The van der Waals surface area contributed by atoms with Gasteiger partial charge in [-0.05, 0) is 30.7 Å². The van der Waals surface area contributed by atoms with Crippen LogP contribution >= 0.6 is 0 Å². The Morgan fingerprint density at radius 3 is 2.62 bits per heavy atom. The SMILES string of the molecule is CCC1OCC(=O)C1NC(=O)[C@H](CC(C)C(C)C)NC(=O)c1ccoc1. The third-order valence-electron chi connectivity index (χ3n) is 5.01. The maximum absolute atomic E-state index is 12.8. The molecule has 1 saturated heterocycles. The van der Waals surface area contributed by atoms with Gasteiger partial charge in [0.05, 0.1) is 17.9 Å². The van der Waals surface area contributed by atoms with E-state index < -0.39 is 12.1 Å². The van der Waals surface area contributed by atoms with Gasteiger partial charge in [-0.25, -0.2) is 0 Å². The average Bonchev–Trinajstić information content (AvgIpc) is 3.24. The summed E-state index contributed by atoms with van der Waals surface area (Å²) < 4.78 is 10.3. The number of ketones is 1. The molecule has 2 heterocycles. The second-order valence-electron chi connectivity index (χ2n) is 7.21. The maximum Gasteiger partial charge on any atom is 0.255 e. The van der Waals surface area contributed by atoms with Crippen LogP contribution in [0.4, 0.5) is 0 Å². The van der Waals surface area contributed by atoms with Gasteiger partial charge in [0.25, 0.3) is 5.91 Å². The lowest BCUT2D eigenvalue weighted by Gasteiger charge is -2.26. The molecule has 0 aromatic carbocycles. The topological polar surface area (TPSA) is 97.6 Å². The van der Waals surface area contributed by atoms with E-state index in [0.29, 0.717) is 24.3 Å². The minimum atomic E-state index is -0.735. The Hall–Kier alpha value is -2.15. The molecule has 144 valence electrons. The Kier molecular flexibility index (Phi) is 6.97. The van der Waals surface area contributed by atoms with Gasteiger partial charge in [-0.1, -0.05) is 27.7 Å². The normalized spacial score (nSPS) is 22.3. The number of furan rings is 1. The third kappa shape index (κ3) is 4.94. The molecule has 1 aliphatic rings. The Morgan fingerprint density at radius 2 is 2.04 bits per heavy atom. The molecule has 0 aliphatic carbocycles. The van der Waals surface area contributed by atoms with Crippen LogP contribution in [0.15, 0.2) is 23.0 Å². The lowest BCUT2D eigenvalue weighted by Crippen LogP contribution is -2.53. The van der Waals surface area contributed by atoms with Crippen LogP contribution < -0.4 is 10.6 Å². The van der Waals surface area contributed by atoms with Gasteiger partial charge < -0.3 is 19.8 Å². The fourth-order valence-corrected chi connectivity index (χ4v) is 2.87. The lowest BCUT2D eigenvalue weighted by molar-refractivity contribution is -0.128. The molecule has 0 radical (unpaired) electrons. The summed E-state index contributed by atoms with van der Waals surface area (Å²) in [4.78, 5) is 37.2. The minimum Gasteiger partial charge on any atom is -0.472 e. The first-order chi connectivity index (χ1) is 12.3. The molecule has 7 nitrogen and oxygen atoms in total. The molecular weight excluding hydrogens is 336 g/mol. The number of hydrogen-bond acceptors (Lipinski definition) is 5. The molecule has 26 heavy (non-hydrogen) atoms. The zero-order chi connectivity index (χ0) is 19.3. The van der Waals surface area contributed by atoms with Crippen LogP contribution in [0.5, 0.6) is 0 Å². The van der Waals surface area contributed by atoms with Crippen molar-refractivity contribution in [3.8, 4) is 0 Å². The molecule has 2 N–H and O–H groups in total. The number of carbonyl (C=O) groups is 3. The highest BCUT2D eigenvalue weighted by molar-refractivity contribution is 5.98. The highest BCUT2D eigenvalue weighted by Crippen LogP contribution is 2.18. The highest BCUT2D eigenvalue weighted by atomic mass is 16.5. The summed E-state index contributed by atoms with van der Waals surface area (Å²) in [5.74, 6) is -0.307. The van der Waals surface area contributed by atoms with Crippen molar-refractivity contribution in [1.29, 1.82) is 0 Å². The van der Waals surface area contributed by atoms with Crippen molar-refractivity contribution in [3.63, 3.8) is 0 Å². The fourth-order valence-electron chi connectivity index (χ4n) is 2.87. The molecule has 1 aromatic rings. The molecule has 7 heteroatoms. The van der Waals surface area contributed by atoms with Crippen LogP contribution in [0.3, 0.4) is 0 Å². The van der Waals surface area contributed by atoms with E-state index >= 15 is 0 Å².